The average Bonchev–Trinajstić information content (AvgIpc) is 2.15. The van der Waals surface area contributed by atoms with E-state index in [1.807, 2.05) is 0 Å². The van der Waals surface area contributed by atoms with E-state index in [1.54, 1.807) is 13.8 Å². The van der Waals surface area contributed by atoms with Crippen LogP contribution < -0.4 is 10.4 Å². The summed E-state index contributed by atoms with van der Waals surface area (Å²) in [6.07, 6.45) is -0.219. The van der Waals surface area contributed by atoms with Gasteiger partial charge in [0, 0.05) is 6.07 Å². The second kappa shape index (κ2) is 3.84. The molecule has 0 unspecified atom stereocenters. The molecule has 84 valence electrons. The Morgan fingerprint density at radius 2 is 2.19 bits per heavy atom. The molecule has 2 aromatic rings. The molecule has 1 aromatic heterocycles. The van der Waals surface area contributed by atoms with E-state index >= 15 is 0 Å². The van der Waals surface area contributed by atoms with Crippen LogP contribution in [0.1, 0.15) is 13.8 Å². The molecule has 0 aliphatic heterocycles. The minimum atomic E-state index is -0.527. The summed E-state index contributed by atoms with van der Waals surface area (Å²) < 4.78 is 10.1. The maximum absolute atomic E-state index is 11.5. The molecule has 1 heterocycles. The topological polar surface area (TPSA) is 72.6 Å². The zero-order valence-corrected chi connectivity index (χ0v) is 8.93. The van der Waals surface area contributed by atoms with Gasteiger partial charge in [-0.05, 0) is 26.0 Å². The van der Waals surface area contributed by atoms with Crippen molar-refractivity contribution in [3.63, 3.8) is 0 Å². The molecule has 0 bridgehead atoms. The molecule has 0 fully saturated rings. The lowest BCUT2D eigenvalue weighted by Crippen LogP contribution is -2.10. The summed E-state index contributed by atoms with van der Waals surface area (Å²) in [5.74, 6) is 0.0427. The van der Waals surface area contributed by atoms with Crippen LogP contribution in [-0.2, 0) is 0 Å². The predicted octanol–water partition coefficient (Wildman–Crippen LogP) is 1.68. The number of aromatic nitrogens is 1. The van der Waals surface area contributed by atoms with Gasteiger partial charge in [0.05, 0.1) is 17.0 Å². The number of aromatic hydroxyl groups is 1. The Bertz CT molecular complexity index is 574. The first-order valence-electron chi connectivity index (χ1n) is 4.87. The molecule has 0 atom stereocenters. The first-order chi connectivity index (χ1) is 7.56. The van der Waals surface area contributed by atoms with Crippen LogP contribution in [0.4, 0.5) is 0 Å². The SMILES string of the molecule is CC(C)Oc1nc2cc(O)ccc2c(=O)o1. The number of hydrogen-bond acceptors (Lipinski definition) is 5. The van der Waals surface area contributed by atoms with Crippen molar-refractivity contribution in [1.82, 2.24) is 4.98 Å². The molecule has 0 spiro atoms. The number of rotatable bonds is 2. The molecule has 0 amide bonds. The number of hydrogen-bond donors (Lipinski definition) is 1. The van der Waals surface area contributed by atoms with E-state index in [0.29, 0.717) is 10.9 Å². The van der Waals surface area contributed by atoms with E-state index in [1.165, 1.54) is 18.2 Å². The standard InChI is InChI=1S/C11H11NO4/c1-6(2)15-11-12-9-5-7(13)3-4-8(9)10(14)16-11/h3-6,13H,1-2H3. The number of nitrogens with zero attached hydrogens (tertiary/aromatic N) is 1. The van der Waals surface area contributed by atoms with E-state index in [4.69, 9.17) is 9.15 Å². The van der Waals surface area contributed by atoms with Gasteiger partial charge in [-0.25, -0.2) is 4.79 Å². The number of ether oxygens (including phenoxy) is 1. The highest BCUT2D eigenvalue weighted by Crippen LogP contribution is 2.18. The van der Waals surface area contributed by atoms with E-state index in [0.717, 1.165) is 0 Å². The normalized spacial score (nSPS) is 10.9. The number of phenolic OH excluding ortho intramolecular Hbond substituents is 1. The van der Waals surface area contributed by atoms with E-state index in [9.17, 15) is 9.90 Å². The number of fused-ring (bicyclic) bond motifs is 1. The Morgan fingerprint density at radius 3 is 2.88 bits per heavy atom. The number of benzene rings is 1. The second-order valence-corrected chi connectivity index (χ2v) is 3.64. The molecule has 0 aliphatic rings. The Balaban J connectivity index is 2.61. The third kappa shape index (κ3) is 1.98. The van der Waals surface area contributed by atoms with Crippen molar-refractivity contribution in [1.29, 1.82) is 0 Å². The highest BCUT2D eigenvalue weighted by atomic mass is 16.6. The van der Waals surface area contributed by atoms with Crippen LogP contribution >= 0.6 is 0 Å². The van der Waals surface area contributed by atoms with Gasteiger partial charge >= 0.3 is 11.7 Å². The van der Waals surface area contributed by atoms with E-state index in [2.05, 4.69) is 4.98 Å². The molecular formula is C11H11NO4. The largest absolute Gasteiger partial charge is 0.508 e. The molecular weight excluding hydrogens is 210 g/mol. The van der Waals surface area contributed by atoms with Crippen molar-refractivity contribution in [2.24, 2.45) is 0 Å². The minimum Gasteiger partial charge on any atom is -0.508 e. The van der Waals surface area contributed by atoms with Gasteiger partial charge in [0.15, 0.2) is 0 Å². The smallest absolute Gasteiger partial charge is 0.397 e. The lowest BCUT2D eigenvalue weighted by atomic mass is 10.2. The van der Waals surface area contributed by atoms with Crippen LogP contribution in [0, 0.1) is 0 Å². The third-order valence-corrected chi connectivity index (χ3v) is 1.93. The van der Waals surface area contributed by atoms with Crippen molar-refractivity contribution in [2.45, 2.75) is 20.0 Å². The minimum absolute atomic E-state index is 0.0427. The summed E-state index contributed by atoms with van der Waals surface area (Å²) >= 11 is 0. The van der Waals surface area contributed by atoms with Crippen LogP contribution in [0.25, 0.3) is 10.9 Å². The van der Waals surface area contributed by atoms with Crippen LogP contribution in [0.15, 0.2) is 27.4 Å². The molecule has 5 nitrogen and oxygen atoms in total. The molecule has 0 radical (unpaired) electrons. The van der Waals surface area contributed by atoms with Crippen molar-refractivity contribution >= 4 is 10.9 Å². The first kappa shape index (κ1) is 10.5. The summed E-state index contributed by atoms with van der Waals surface area (Å²) in [7, 11) is 0. The Labute approximate surface area is 91.3 Å². The monoisotopic (exact) mass is 221 g/mol. The average molecular weight is 221 g/mol. The Kier molecular flexibility index (Phi) is 2.52. The van der Waals surface area contributed by atoms with Crippen LogP contribution in [0.2, 0.25) is 0 Å². The summed E-state index contributed by atoms with van der Waals surface area (Å²) in [5, 5.41) is 9.59. The fraction of sp³-hybridized carbons (Fsp3) is 0.273. The lowest BCUT2D eigenvalue weighted by molar-refractivity contribution is 0.166. The first-order valence-corrected chi connectivity index (χ1v) is 4.87. The maximum atomic E-state index is 11.5. The summed E-state index contributed by atoms with van der Waals surface area (Å²) in [6.45, 7) is 3.60. The van der Waals surface area contributed by atoms with Gasteiger partial charge in [-0.1, -0.05) is 0 Å². The maximum Gasteiger partial charge on any atom is 0.397 e. The van der Waals surface area contributed by atoms with Gasteiger partial charge in [-0.2, -0.15) is 4.98 Å². The molecule has 0 aliphatic carbocycles. The fourth-order valence-corrected chi connectivity index (χ4v) is 1.29. The van der Waals surface area contributed by atoms with E-state index in [-0.39, 0.29) is 17.9 Å². The Morgan fingerprint density at radius 1 is 1.44 bits per heavy atom. The zero-order valence-electron chi connectivity index (χ0n) is 8.93. The van der Waals surface area contributed by atoms with Gasteiger partial charge in [0.25, 0.3) is 0 Å². The molecule has 16 heavy (non-hydrogen) atoms. The van der Waals surface area contributed by atoms with Crippen LogP contribution in [0.3, 0.4) is 0 Å². The second-order valence-electron chi connectivity index (χ2n) is 3.64. The van der Waals surface area contributed by atoms with Crippen LogP contribution in [-0.4, -0.2) is 16.2 Å². The van der Waals surface area contributed by atoms with Gasteiger partial charge in [0.1, 0.15) is 5.75 Å². The highest BCUT2D eigenvalue weighted by molar-refractivity contribution is 5.78. The summed E-state index contributed by atoms with van der Waals surface area (Å²) in [4.78, 5) is 15.5. The van der Waals surface area contributed by atoms with Crippen LogP contribution in [0.5, 0.6) is 11.8 Å². The molecule has 1 aromatic carbocycles. The number of phenols is 1. The lowest BCUT2D eigenvalue weighted by Gasteiger charge is -2.06. The quantitative estimate of drug-likeness (QED) is 0.835. The predicted molar refractivity (Wildman–Crippen MR) is 57.7 cm³/mol. The van der Waals surface area contributed by atoms with Crippen molar-refractivity contribution in [3.05, 3.63) is 28.6 Å². The van der Waals surface area contributed by atoms with Gasteiger partial charge in [-0.15, -0.1) is 0 Å². The third-order valence-electron chi connectivity index (χ3n) is 1.93. The zero-order chi connectivity index (χ0) is 11.7. The fourth-order valence-electron chi connectivity index (χ4n) is 1.29. The van der Waals surface area contributed by atoms with Crippen molar-refractivity contribution in [3.8, 4) is 11.8 Å². The molecule has 0 saturated heterocycles. The molecule has 1 N–H and O–H groups in total. The van der Waals surface area contributed by atoms with E-state index < -0.39 is 5.63 Å². The summed E-state index contributed by atoms with van der Waals surface area (Å²) in [5.41, 5.74) is -0.174. The molecule has 5 heteroatoms. The van der Waals surface area contributed by atoms with Gasteiger partial charge in [-0.3, -0.25) is 0 Å². The van der Waals surface area contributed by atoms with Gasteiger partial charge < -0.3 is 14.3 Å². The van der Waals surface area contributed by atoms with Crippen molar-refractivity contribution in [2.75, 3.05) is 0 Å². The molecule has 2 rings (SSSR count). The Hall–Kier alpha value is -2.04. The summed E-state index contributed by atoms with van der Waals surface area (Å²) in [6, 6.07) is 4.26. The van der Waals surface area contributed by atoms with Gasteiger partial charge in [0.2, 0.25) is 0 Å². The van der Waals surface area contributed by atoms with Crippen molar-refractivity contribution < 1.29 is 14.3 Å². The highest BCUT2D eigenvalue weighted by Gasteiger charge is 2.08. The molecule has 0 saturated carbocycles.